The molecule has 0 unspecified atom stereocenters. The molecule has 0 aliphatic heterocycles. The van der Waals surface area contributed by atoms with Crippen molar-refractivity contribution < 1.29 is 4.74 Å². The summed E-state index contributed by atoms with van der Waals surface area (Å²) in [5.41, 5.74) is 1.15. The molecule has 3 rings (SSSR count). The van der Waals surface area contributed by atoms with Crippen LogP contribution in [0.15, 0.2) is 47.5 Å². The number of nitrogens with zero attached hydrogens (tertiary/aromatic N) is 1. The average Bonchev–Trinajstić information content (AvgIpc) is 2.96. The number of aryl methyl sites for hydroxylation is 1. The number of H-pyrrole nitrogens is 1. The number of fused-ring (bicyclic) bond motifs is 1. The van der Waals surface area contributed by atoms with E-state index in [9.17, 15) is 4.79 Å². The lowest BCUT2D eigenvalue weighted by atomic mass is 10.2. The van der Waals surface area contributed by atoms with E-state index in [-0.39, 0.29) is 5.56 Å². The van der Waals surface area contributed by atoms with Crippen molar-refractivity contribution >= 4 is 21.6 Å². The standard InChI is InChI=1S/C17H18N2O2S/c20-16-15-10-14(22-17(15)19-12-18-16)8-4-5-9-21-11-13-6-2-1-3-7-13/h1-3,6-7,10,12H,4-5,8-9,11H2,(H,18,19,20). The number of hydrogen-bond acceptors (Lipinski definition) is 4. The molecule has 0 radical (unpaired) electrons. The number of hydrogen-bond donors (Lipinski definition) is 1. The van der Waals surface area contributed by atoms with Crippen LogP contribution in [0.25, 0.3) is 10.2 Å². The molecule has 0 spiro atoms. The predicted molar refractivity (Wildman–Crippen MR) is 89.3 cm³/mol. The highest BCUT2D eigenvalue weighted by atomic mass is 32.1. The van der Waals surface area contributed by atoms with Crippen molar-refractivity contribution in [2.24, 2.45) is 0 Å². The number of thiophene rings is 1. The summed E-state index contributed by atoms with van der Waals surface area (Å²) in [7, 11) is 0. The largest absolute Gasteiger partial charge is 0.377 e. The summed E-state index contributed by atoms with van der Waals surface area (Å²) in [6.45, 7) is 1.43. The van der Waals surface area contributed by atoms with Crippen LogP contribution in [0, 0.1) is 0 Å². The summed E-state index contributed by atoms with van der Waals surface area (Å²) in [5.74, 6) is 0. The Balaban J connectivity index is 1.41. The number of unbranched alkanes of at least 4 members (excludes halogenated alkanes) is 1. The SMILES string of the molecule is O=c1[nH]cnc2sc(CCCCOCc3ccccc3)cc12. The first-order chi connectivity index (χ1) is 10.8. The maximum absolute atomic E-state index is 11.6. The van der Waals surface area contributed by atoms with E-state index in [4.69, 9.17) is 4.74 Å². The van der Waals surface area contributed by atoms with E-state index < -0.39 is 0 Å². The van der Waals surface area contributed by atoms with Gasteiger partial charge in [0.25, 0.3) is 5.56 Å². The number of aromatic amines is 1. The molecule has 5 heteroatoms. The molecule has 3 aromatic rings. The zero-order chi connectivity index (χ0) is 15.2. The topological polar surface area (TPSA) is 55.0 Å². The lowest BCUT2D eigenvalue weighted by molar-refractivity contribution is 0.117. The maximum Gasteiger partial charge on any atom is 0.259 e. The zero-order valence-electron chi connectivity index (χ0n) is 12.2. The van der Waals surface area contributed by atoms with E-state index in [1.165, 1.54) is 16.8 Å². The van der Waals surface area contributed by atoms with E-state index in [2.05, 4.69) is 22.1 Å². The highest BCUT2D eigenvalue weighted by molar-refractivity contribution is 7.18. The van der Waals surface area contributed by atoms with Crippen LogP contribution in [0.3, 0.4) is 0 Å². The third kappa shape index (κ3) is 3.81. The normalized spacial score (nSPS) is 11.1. The summed E-state index contributed by atoms with van der Waals surface area (Å²) < 4.78 is 5.67. The highest BCUT2D eigenvalue weighted by Gasteiger charge is 2.05. The molecule has 0 saturated carbocycles. The van der Waals surface area contributed by atoms with Crippen LogP contribution in [0.4, 0.5) is 0 Å². The van der Waals surface area contributed by atoms with Gasteiger partial charge in [0.1, 0.15) is 4.83 Å². The van der Waals surface area contributed by atoms with Gasteiger partial charge in [-0.3, -0.25) is 4.79 Å². The summed E-state index contributed by atoms with van der Waals surface area (Å²) in [6.07, 6.45) is 4.50. The Morgan fingerprint density at radius 3 is 2.86 bits per heavy atom. The smallest absolute Gasteiger partial charge is 0.259 e. The Morgan fingerprint density at radius 2 is 2.05 bits per heavy atom. The van der Waals surface area contributed by atoms with Crippen LogP contribution in [0.1, 0.15) is 23.3 Å². The van der Waals surface area contributed by atoms with Crippen LogP contribution in [0.5, 0.6) is 0 Å². The number of ether oxygens (including phenoxy) is 1. The van der Waals surface area contributed by atoms with Gasteiger partial charge in [-0.1, -0.05) is 30.3 Å². The quantitative estimate of drug-likeness (QED) is 0.679. The Bertz CT molecular complexity index is 780. The molecule has 2 aromatic heterocycles. The fourth-order valence-corrected chi connectivity index (χ4v) is 3.35. The van der Waals surface area contributed by atoms with Crippen molar-refractivity contribution in [3.05, 3.63) is 63.5 Å². The van der Waals surface area contributed by atoms with Crippen molar-refractivity contribution in [2.75, 3.05) is 6.61 Å². The Morgan fingerprint density at radius 1 is 1.18 bits per heavy atom. The van der Waals surface area contributed by atoms with Gasteiger partial charge in [0.15, 0.2) is 0 Å². The number of aromatic nitrogens is 2. The van der Waals surface area contributed by atoms with Crippen LogP contribution in [-0.2, 0) is 17.8 Å². The van der Waals surface area contributed by atoms with Gasteiger partial charge in [0.05, 0.1) is 18.3 Å². The number of rotatable bonds is 7. The van der Waals surface area contributed by atoms with Crippen LogP contribution < -0.4 is 5.56 Å². The minimum Gasteiger partial charge on any atom is -0.377 e. The Kier molecular flexibility index (Phi) is 4.98. The lowest BCUT2D eigenvalue weighted by Gasteiger charge is -2.03. The molecular formula is C17H18N2O2S. The van der Waals surface area contributed by atoms with E-state index in [1.54, 1.807) is 11.3 Å². The molecule has 0 atom stereocenters. The molecule has 0 bridgehead atoms. The summed E-state index contributed by atoms with van der Waals surface area (Å²) >= 11 is 1.60. The van der Waals surface area contributed by atoms with Gasteiger partial charge in [-0.05, 0) is 30.9 Å². The molecule has 0 aliphatic carbocycles. The summed E-state index contributed by atoms with van der Waals surface area (Å²) in [5, 5.41) is 0.697. The minimum atomic E-state index is -0.0568. The molecule has 0 saturated heterocycles. The van der Waals surface area contributed by atoms with E-state index in [1.807, 2.05) is 24.3 Å². The fraction of sp³-hybridized carbons (Fsp3) is 0.294. The zero-order valence-corrected chi connectivity index (χ0v) is 13.1. The third-order valence-corrected chi connectivity index (χ3v) is 4.56. The van der Waals surface area contributed by atoms with Crippen molar-refractivity contribution in [3.8, 4) is 0 Å². The van der Waals surface area contributed by atoms with E-state index in [0.29, 0.717) is 12.0 Å². The molecule has 0 aliphatic rings. The molecular weight excluding hydrogens is 296 g/mol. The van der Waals surface area contributed by atoms with Crippen molar-refractivity contribution in [2.45, 2.75) is 25.9 Å². The molecule has 1 aromatic carbocycles. The molecule has 2 heterocycles. The van der Waals surface area contributed by atoms with Crippen LogP contribution in [-0.4, -0.2) is 16.6 Å². The van der Waals surface area contributed by atoms with Gasteiger partial charge in [-0.25, -0.2) is 4.98 Å². The molecule has 22 heavy (non-hydrogen) atoms. The maximum atomic E-state index is 11.6. The van der Waals surface area contributed by atoms with Gasteiger partial charge in [0, 0.05) is 11.5 Å². The first-order valence-corrected chi connectivity index (χ1v) is 8.22. The van der Waals surface area contributed by atoms with Crippen LogP contribution in [0.2, 0.25) is 0 Å². The molecule has 0 amide bonds. The molecule has 0 fully saturated rings. The Hall–Kier alpha value is -1.98. The average molecular weight is 314 g/mol. The second kappa shape index (κ2) is 7.33. The van der Waals surface area contributed by atoms with Crippen molar-refractivity contribution in [3.63, 3.8) is 0 Å². The van der Waals surface area contributed by atoms with Gasteiger partial charge < -0.3 is 9.72 Å². The van der Waals surface area contributed by atoms with Gasteiger partial charge >= 0.3 is 0 Å². The van der Waals surface area contributed by atoms with Crippen LogP contribution >= 0.6 is 11.3 Å². The van der Waals surface area contributed by atoms with Gasteiger partial charge in [0.2, 0.25) is 0 Å². The molecule has 1 N–H and O–H groups in total. The monoisotopic (exact) mass is 314 g/mol. The predicted octanol–water partition coefficient (Wildman–Crippen LogP) is 3.52. The fourth-order valence-electron chi connectivity index (χ4n) is 2.31. The summed E-state index contributed by atoms with van der Waals surface area (Å²) in [4.78, 5) is 20.5. The number of benzene rings is 1. The van der Waals surface area contributed by atoms with Crippen molar-refractivity contribution in [1.82, 2.24) is 9.97 Å². The van der Waals surface area contributed by atoms with E-state index in [0.717, 1.165) is 30.7 Å². The third-order valence-electron chi connectivity index (χ3n) is 3.46. The minimum absolute atomic E-state index is 0.0568. The van der Waals surface area contributed by atoms with Crippen molar-refractivity contribution in [1.29, 1.82) is 0 Å². The molecule has 4 nitrogen and oxygen atoms in total. The summed E-state index contributed by atoms with van der Waals surface area (Å²) in [6, 6.07) is 12.2. The van der Waals surface area contributed by atoms with Gasteiger partial charge in [-0.15, -0.1) is 11.3 Å². The first kappa shape index (κ1) is 14.9. The number of nitrogens with one attached hydrogen (secondary N) is 1. The molecule has 114 valence electrons. The highest BCUT2D eigenvalue weighted by Crippen LogP contribution is 2.22. The second-order valence-electron chi connectivity index (χ2n) is 5.16. The van der Waals surface area contributed by atoms with Gasteiger partial charge in [-0.2, -0.15) is 0 Å². The lowest BCUT2D eigenvalue weighted by Crippen LogP contribution is -2.03. The van der Waals surface area contributed by atoms with E-state index >= 15 is 0 Å². The Labute approximate surface area is 132 Å². The second-order valence-corrected chi connectivity index (χ2v) is 6.27. The first-order valence-electron chi connectivity index (χ1n) is 7.41.